The molecule has 0 aromatic heterocycles. The maximum atomic E-state index is 6.03. The first-order valence-electron chi connectivity index (χ1n) is 8.45. The summed E-state index contributed by atoms with van der Waals surface area (Å²) in [6.07, 6.45) is 1.87. The molecule has 0 bridgehead atoms. The highest BCUT2D eigenvalue weighted by molar-refractivity contribution is 6.65. The predicted molar refractivity (Wildman–Crippen MR) is 105 cm³/mol. The molecule has 1 atom stereocenters. The van der Waals surface area contributed by atoms with Crippen LogP contribution in [-0.4, -0.2) is 36.5 Å². The molecule has 0 amide bonds. The molecule has 0 saturated carbocycles. The molecule has 1 unspecified atom stereocenters. The van der Waals surface area contributed by atoms with E-state index in [9.17, 15) is 0 Å². The molecule has 6 heteroatoms. The summed E-state index contributed by atoms with van der Waals surface area (Å²) in [6, 6.07) is 16.2. The molecule has 136 valence electrons. The monoisotopic (exact) mass is 372 g/mol. The fraction of sp³-hybridized carbons (Fsp3) is 0.300. The van der Waals surface area contributed by atoms with E-state index >= 15 is 0 Å². The van der Waals surface area contributed by atoms with E-state index in [0.29, 0.717) is 9.78 Å². The lowest BCUT2D eigenvalue weighted by molar-refractivity contribution is -0.885. The summed E-state index contributed by atoms with van der Waals surface area (Å²) < 4.78 is 11.1. The zero-order valence-electron chi connectivity index (χ0n) is 15.2. The van der Waals surface area contributed by atoms with Crippen LogP contribution in [0.1, 0.15) is 18.1 Å². The third-order valence-corrected chi connectivity index (χ3v) is 4.90. The Morgan fingerprint density at radius 3 is 1.73 bits per heavy atom. The zero-order chi connectivity index (χ0) is 18.6. The van der Waals surface area contributed by atoms with E-state index in [4.69, 9.17) is 21.1 Å². The van der Waals surface area contributed by atoms with Crippen molar-refractivity contribution in [2.75, 3.05) is 14.2 Å². The predicted octanol–water partition coefficient (Wildman–Crippen LogP) is 4.20. The third-order valence-electron chi connectivity index (χ3n) is 4.70. The number of hydrogen-bond acceptors (Lipinski definition) is 4. The third kappa shape index (κ3) is 4.06. The maximum Gasteiger partial charge on any atom is 0.227 e. The van der Waals surface area contributed by atoms with Gasteiger partial charge in [0.25, 0.3) is 0 Å². The number of nitrogens with zero attached hydrogens (tertiary/aromatic N) is 3. The van der Waals surface area contributed by atoms with Gasteiger partial charge in [-0.3, -0.25) is 4.48 Å². The molecule has 0 radical (unpaired) electrons. The molecule has 2 aromatic rings. The molecule has 0 saturated heterocycles. The lowest BCUT2D eigenvalue weighted by Crippen LogP contribution is -2.52. The van der Waals surface area contributed by atoms with Gasteiger partial charge in [0, 0.05) is 18.1 Å². The van der Waals surface area contributed by atoms with Crippen LogP contribution in [0.15, 0.2) is 58.5 Å². The number of methoxy groups -OCH3 is 2. The SMILES string of the molecule is COc1ccc(C[N+]2(Cc3ccc(OC)cc3)C=NC(Cl)=NC2C)cc1. The molecule has 5 nitrogen and oxygen atoms in total. The summed E-state index contributed by atoms with van der Waals surface area (Å²) in [6.45, 7) is 3.59. The van der Waals surface area contributed by atoms with E-state index in [0.717, 1.165) is 24.6 Å². The molecule has 1 aliphatic rings. The molecule has 2 aromatic carbocycles. The van der Waals surface area contributed by atoms with Crippen LogP contribution >= 0.6 is 11.6 Å². The molecule has 0 N–H and O–H groups in total. The fourth-order valence-electron chi connectivity index (χ4n) is 3.11. The van der Waals surface area contributed by atoms with E-state index in [2.05, 4.69) is 41.2 Å². The quantitative estimate of drug-likeness (QED) is 0.563. The van der Waals surface area contributed by atoms with Gasteiger partial charge in [0.1, 0.15) is 24.6 Å². The zero-order valence-corrected chi connectivity index (χ0v) is 16.0. The molecule has 3 rings (SSSR count). The highest BCUT2D eigenvalue weighted by Gasteiger charge is 2.36. The Kier molecular flexibility index (Phi) is 5.59. The Hall–Kier alpha value is -2.37. The molecule has 26 heavy (non-hydrogen) atoms. The molecule has 0 spiro atoms. The van der Waals surface area contributed by atoms with Gasteiger partial charge >= 0.3 is 0 Å². The first kappa shape index (κ1) is 18.4. The van der Waals surface area contributed by atoms with Crippen molar-refractivity contribution in [1.82, 2.24) is 0 Å². The second-order valence-corrected chi connectivity index (χ2v) is 6.73. The second-order valence-electron chi connectivity index (χ2n) is 6.39. The van der Waals surface area contributed by atoms with Crippen LogP contribution < -0.4 is 9.47 Å². The first-order chi connectivity index (χ1) is 12.5. The smallest absolute Gasteiger partial charge is 0.227 e. The van der Waals surface area contributed by atoms with E-state index in [1.54, 1.807) is 14.2 Å². The van der Waals surface area contributed by atoms with E-state index in [1.165, 1.54) is 11.1 Å². The van der Waals surface area contributed by atoms with Gasteiger partial charge in [-0.1, -0.05) is 0 Å². The number of ether oxygens (including phenoxy) is 2. The van der Waals surface area contributed by atoms with E-state index in [1.807, 2.05) is 30.6 Å². The van der Waals surface area contributed by atoms with Crippen LogP contribution in [0.5, 0.6) is 11.5 Å². The average molecular weight is 373 g/mol. The Morgan fingerprint density at radius 1 is 0.885 bits per heavy atom. The summed E-state index contributed by atoms with van der Waals surface area (Å²) in [5, 5.41) is 0.302. The van der Waals surface area contributed by atoms with Crippen LogP contribution in [0, 0.1) is 0 Å². The van der Waals surface area contributed by atoms with E-state index in [-0.39, 0.29) is 6.17 Å². The van der Waals surface area contributed by atoms with Gasteiger partial charge in [-0.05, 0) is 60.1 Å². The van der Waals surface area contributed by atoms with Gasteiger partial charge < -0.3 is 9.47 Å². The van der Waals surface area contributed by atoms with E-state index < -0.39 is 0 Å². The topological polar surface area (TPSA) is 43.2 Å². The van der Waals surface area contributed by atoms with Crippen molar-refractivity contribution >= 4 is 23.2 Å². The van der Waals surface area contributed by atoms with Gasteiger partial charge in [0.05, 0.1) is 14.2 Å². The van der Waals surface area contributed by atoms with Crippen molar-refractivity contribution in [2.45, 2.75) is 26.2 Å². The average Bonchev–Trinajstić information content (AvgIpc) is 2.66. The molecule has 1 heterocycles. The minimum atomic E-state index is -0.0378. The largest absolute Gasteiger partial charge is 0.497 e. The summed E-state index contributed by atoms with van der Waals surface area (Å²) in [5.74, 6) is 1.69. The number of rotatable bonds is 6. The lowest BCUT2D eigenvalue weighted by atomic mass is 10.1. The Bertz CT molecular complexity index is 751. The standard InChI is InChI=1S/C20H23ClN3O2/c1-15-23-20(21)22-14-24(15,12-16-4-8-18(25-2)9-5-16)13-17-6-10-19(26-3)11-7-17/h4-11,14-15H,12-13H2,1-3H3/q+1. The molecule has 1 aliphatic heterocycles. The van der Waals surface area contributed by atoms with Crippen LogP contribution in [-0.2, 0) is 13.1 Å². The first-order valence-corrected chi connectivity index (χ1v) is 8.83. The number of halogens is 1. The van der Waals surface area contributed by atoms with Gasteiger partial charge in [-0.2, -0.15) is 9.98 Å². The summed E-state index contributed by atoms with van der Waals surface area (Å²) in [4.78, 5) is 8.81. The Balaban J connectivity index is 1.89. The van der Waals surface area contributed by atoms with Crippen LogP contribution in [0.4, 0.5) is 0 Å². The Labute approximate surface area is 159 Å². The normalized spacial score (nSPS) is 18.3. The lowest BCUT2D eigenvalue weighted by Gasteiger charge is -2.39. The molecule has 0 aliphatic carbocycles. The van der Waals surface area contributed by atoms with Gasteiger partial charge in [-0.15, -0.1) is 0 Å². The molecular formula is C20H23ClN3O2+. The second kappa shape index (κ2) is 7.89. The number of hydrogen-bond donors (Lipinski definition) is 0. The van der Waals surface area contributed by atoms with Crippen molar-refractivity contribution in [3.05, 3.63) is 59.7 Å². The van der Waals surface area contributed by atoms with Gasteiger partial charge in [0.15, 0.2) is 12.5 Å². The van der Waals surface area contributed by atoms with Crippen molar-refractivity contribution in [2.24, 2.45) is 9.98 Å². The molecule has 0 fully saturated rings. The highest BCUT2D eigenvalue weighted by Crippen LogP contribution is 2.27. The minimum Gasteiger partial charge on any atom is -0.497 e. The van der Waals surface area contributed by atoms with Crippen LogP contribution in [0.25, 0.3) is 0 Å². The van der Waals surface area contributed by atoms with Crippen molar-refractivity contribution in [1.29, 1.82) is 0 Å². The number of aliphatic imine (C=N–C) groups is 2. The van der Waals surface area contributed by atoms with Gasteiger partial charge in [-0.25, -0.2) is 0 Å². The van der Waals surface area contributed by atoms with Gasteiger partial charge in [0.2, 0.25) is 5.29 Å². The summed E-state index contributed by atoms with van der Waals surface area (Å²) >= 11 is 6.03. The van der Waals surface area contributed by atoms with Crippen molar-refractivity contribution in [3.63, 3.8) is 0 Å². The summed E-state index contributed by atoms with van der Waals surface area (Å²) in [7, 11) is 3.34. The molecular weight excluding hydrogens is 350 g/mol. The summed E-state index contributed by atoms with van der Waals surface area (Å²) in [5.41, 5.74) is 2.37. The maximum absolute atomic E-state index is 6.03. The number of quaternary nitrogens is 1. The number of amidine groups is 1. The highest BCUT2D eigenvalue weighted by atomic mass is 35.5. The van der Waals surface area contributed by atoms with Crippen molar-refractivity contribution in [3.8, 4) is 11.5 Å². The van der Waals surface area contributed by atoms with Crippen LogP contribution in [0.2, 0.25) is 0 Å². The fourth-order valence-corrected chi connectivity index (χ4v) is 3.29. The minimum absolute atomic E-state index is 0.0378. The number of benzene rings is 2. The Morgan fingerprint density at radius 2 is 1.35 bits per heavy atom. The van der Waals surface area contributed by atoms with Crippen LogP contribution in [0.3, 0.4) is 0 Å². The van der Waals surface area contributed by atoms with Crippen molar-refractivity contribution < 1.29 is 14.0 Å².